The van der Waals surface area contributed by atoms with Crippen LogP contribution in [0.25, 0.3) is 16.7 Å². The summed E-state index contributed by atoms with van der Waals surface area (Å²) in [5, 5.41) is 7.22. The molecule has 0 saturated heterocycles. The molecule has 0 spiro atoms. The van der Waals surface area contributed by atoms with Gasteiger partial charge in [-0.15, -0.1) is 0 Å². The van der Waals surface area contributed by atoms with Gasteiger partial charge in [-0.05, 0) is 18.6 Å². The lowest BCUT2D eigenvalue weighted by Gasteiger charge is -2.06. The van der Waals surface area contributed by atoms with Crippen molar-refractivity contribution in [3.8, 4) is 5.69 Å². The third kappa shape index (κ3) is 4.61. The Morgan fingerprint density at radius 3 is 2.79 bits per heavy atom. The molecule has 0 aliphatic carbocycles. The number of benzene rings is 1. The third-order valence-electron chi connectivity index (χ3n) is 3.99. The minimum atomic E-state index is -0.536. The van der Waals surface area contributed by atoms with Gasteiger partial charge in [0.25, 0.3) is 11.5 Å². The summed E-state index contributed by atoms with van der Waals surface area (Å²) in [6.45, 7) is 2.15. The summed E-state index contributed by atoms with van der Waals surface area (Å²) in [6.07, 6.45) is 2.44. The standard InChI is InChI=1S/C19H21N5O4/c1-2-10-20-16(25)12-28-17(26)9-8-15-22-18-14(19(27)23-15)11-21-24(18)13-6-4-3-5-7-13/h3-7,11H,2,8-10,12H2,1H3,(H,20,25)(H,22,23,27). The highest BCUT2D eigenvalue weighted by atomic mass is 16.5. The van der Waals surface area contributed by atoms with E-state index in [2.05, 4.69) is 20.4 Å². The number of esters is 1. The number of amides is 1. The van der Waals surface area contributed by atoms with Crippen LogP contribution < -0.4 is 10.9 Å². The second-order valence-corrected chi connectivity index (χ2v) is 6.15. The van der Waals surface area contributed by atoms with Crippen molar-refractivity contribution in [1.82, 2.24) is 25.1 Å². The molecule has 1 aromatic carbocycles. The van der Waals surface area contributed by atoms with E-state index >= 15 is 0 Å². The summed E-state index contributed by atoms with van der Waals surface area (Å²) in [6, 6.07) is 9.33. The number of hydrogen-bond acceptors (Lipinski definition) is 6. The molecule has 0 aliphatic rings. The lowest BCUT2D eigenvalue weighted by Crippen LogP contribution is -2.29. The summed E-state index contributed by atoms with van der Waals surface area (Å²) in [4.78, 5) is 42.7. The number of hydrogen-bond donors (Lipinski definition) is 2. The fourth-order valence-corrected chi connectivity index (χ4v) is 2.59. The maximum atomic E-state index is 12.3. The number of nitrogens with one attached hydrogen (secondary N) is 2. The molecule has 9 heteroatoms. The van der Waals surface area contributed by atoms with Crippen molar-refractivity contribution in [3.05, 3.63) is 52.7 Å². The van der Waals surface area contributed by atoms with E-state index in [0.717, 1.165) is 12.1 Å². The summed E-state index contributed by atoms with van der Waals surface area (Å²) in [5.74, 6) is -0.525. The molecule has 3 rings (SSSR count). The van der Waals surface area contributed by atoms with Crippen molar-refractivity contribution >= 4 is 22.9 Å². The Morgan fingerprint density at radius 1 is 1.25 bits per heavy atom. The minimum Gasteiger partial charge on any atom is -0.456 e. The number of aromatic nitrogens is 4. The Bertz CT molecular complexity index is 1030. The van der Waals surface area contributed by atoms with E-state index in [1.807, 2.05) is 37.3 Å². The largest absolute Gasteiger partial charge is 0.456 e. The van der Waals surface area contributed by atoms with E-state index in [4.69, 9.17) is 4.74 Å². The fourth-order valence-electron chi connectivity index (χ4n) is 2.59. The van der Waals surface area contributed by atoms with Crippen LogP contribution in [0.5, 0.6) is 0 Å². The number of nitrogens with zero attached hydrogens (tertiary/aromatic N) is 3. The smallest absolute Gasteiger partial charge is 0.306 e. The van der Waals surface area contributed by atoms with Crippen LogP contribution >= 0.6 is 0 Å². The molecule has 0 saturated carbocycles. The van der Waals surface area contributed by atoms with Crippen molar-refractivity contribution in [1.29, 1.82) is 0 Å². The maximum Gasteiger partial charge on any atom is 0.306 e. The van der Waals surface area contributed by atoms with Gasteiger partial charge in [0.15, 0.2) is 12.3 Å². The first-order valence-corrected chi connectivity index (χ1v) is 9.03. The molecule has 9 nitrogen and oxygen atoms in total. The molecule has 2 aromatic heterocycles. The van der Waals surface area contributed by atoms with Crippen molar-refractivity contribution in [3.63, 3.8) is 0 Å². The van der Waals surface area contributed by atoms with Gasteiger partial charge >= 0.3 is 5.97 Å². The molecule has 0 aliphatic heterocycles. The number of aryl methyl sites for hydroxylation is 1. The molecule has 0 bridgehead atoms. The molecule has 28 heavy (non-hydrogen) atoms. The summed E-state index contributed by atoms with van der Waals surface area (Å²) in [7, 11) is 0. The van der Waals surface area contributed by atoms with Gasteiger partial charge in [0, 0.05) is 13.0 Å². The topological polar surface area (TPSA) is 119 Å². The van der Waals surface area contributed by atoms with Gasteiger partial charge in [-0.1, -0.05) is 25.1 Å². The lowest BCUT2D eigenvalue weighted by atomic mass is 10.3. The van der Waals surface area contributed by atoms with Crippen LogP contribution in [-0.4, -0.2) is 44.8 Å². The van der Waals surface area contributed by atoms with Crippen LogP contribution in [0.1, 0.15) is 25.6 Å². The zero-order valence-corrected chi connectivity index (χ0v) is 15.5. The number of rotatable bonds is 8. The molecule has 2 heterocycles. The monoisotopic (exact) mass is 383 g/mol. The van der Waals surface area contributed by atoms with Gasteiger partial charge in [-0.2, -0.15) is 5.10 Å². The van der Waals surface area contributed by atoms with Crippen LogP contribution in [0, 0.1) is 0 Å². The molecular formula is C19H21N5O4. The lowest BCUT2D eigenvalue weighted by molar-refractivity contribution is -0.148. The third-order valence-corrected chi connectivity index (χ3v) is 3.99. The zero-order chi connectivity index (χ0) is 19.9. The average molecular weight is 383 g/mol. The number of H-pyrrole nitrogens is 1. The molecule has 0 radical (unpaired) electrons. The highest BCUT2D eigenvalue weighted by Crippen LogP contribution is 2.13. The van der Waals surface area contributed by atoms with Gasteiger partial charge in [0.2, 0.25) is 0 Å². The Kier molecular flexibility index (Phi) is 6.15. The average Bonchev–Trinajstić information content (AvgIpc) is 3.14. The SMILES string of the molecule is CCCNC(=O)COC(=O)CCc1nc2c(cnn2-c2ccccc2)c(=O)[nH]1. The second-order valence-electron chi connectivity index (χ2n) is 6.15. The van der Waals surface area contributed by atoms with E-state index in [1.165, 1.54) is 6.20 Å². The number of aromatic amines is 1. The highest BCUT2D eigenvalue weighted by Gasteiger charge is 2.13. The number of para-hydroxylation sites is 1. The first-order valence-electron chi connectivity index (χ1n) is 9.03. The Labute approximate surface area is 160 Å². The highest BCUT2D eigenvalue weighted by molar-refractivity contribution is 5.80. The Hall–Kier alpha value is -3.49. The normalized spacial score (nSPS) is 10.8. The summed E-state index contributed by atoms with van der Waals surface area (Å²) in [5.41, 5.74) is 0.866. The molecule has 1 amide bonds. The van der Waals surface area contributed by atoms with Gasteiger partial charge < -0.3 is 15.0 Å². The molecule has 0 atom stereocenters. The first kappa shape index (κ1) is 19.3. The Balaban J connectivity index is 1.68. The van der Waals surface area contributed by atoms with Crippen molar-refractivity contribution in [2.75, 3.05) is 13.2 Å². The summed E-state index contributed by atoms with van der Waals surface area (Å²) < 4.78 is 6.50. The first-order chi connectivity index (χ1) is 13.6. The number of carbonyl (C=O) groups is 2. The maximum absolute atomic E-state index is 12.3. The van der Waals surface area contributed by atoms with Crippen LogP contribution in [-0.2, 0) is 20.7 Å². The summed E-state index contributed by atoms with van der Waals surface area (Å²) >= 11 is 0. The van der Waals surface area contributed by atoms with E-state index < -0.39 is 5.97 Å². The predicted octanol–water partition coefficient (Wildman–Crippen LogP) is 1.11. The van der Waals surface area contributed by atoms with Gasteiger partial charge in [0.05, 0.1) is 18.3 Å². The van der Waals surface area contributed by atoms with Crippen LogP contribution in [0.2, 0.25) is 0 Å². The van der Waals surface area contributed by atoms with Crippen molar-refractivity contribution in [2.45, 2.75) is 26.2 Å². The predicted molar refractivity (Wildman–Crippen MR) is 102 cm³/mol. The zero-order valence-electron chi connectivity index (χ0n) is 15.5. The van der Waals surface area contributed by atoms with Crippen molar-refractivity contribution in [2.24, 2.45) is 0 Å². The van der Waals surface area contributed by atoms with E-state index in [-0.39, 0.29) is 30.9 Å². The molecule has 0 fully saturated rings. The minimum absolute atomic E-state index is 0.00498. The Morgan fingerprint density at radius 2 is 2.04 bits per heavy atom. The molecule has 146 valence electrons. The number of carbonyl (C=O) groups excluding carboxylic acids is 2. The molecule has 3 aromatic rings. The molecular weight excluding hydrogens is 362 g/mol. The van der Waals surface area contributed by atoms with Gasteiger partial charge in [0.1, 0.15) is 11.2 Å². The molecule has 0 unspecified atom stereocenters. The van der Waals surface area contributed by atoms with Crippen molar-refractivity contribution < 1.29 is 14.3 Å². The van der Waals surface area contributed by atoms with Gasteiger partial charge in [-0.3, -0.25) is 14.4 Å². The van der Waals surface area contributed by atoms with E-state index in [0.29, 0.717) is 23.4 Å². The van der Waals surface area contributed by atoms with Crippen LogP contribution in [0.3, 0.4) is 0 Å². The molecule has 2 N–H and O–H groups in total. The quantitative estimate of drug-likeness (QED) is 0.563. The van der Waals surface area contributed by atoms with E-state index in [1.54, 1.807) is 4.68 Å². The van der Waals surface area contributed by atoms with E-state index in [9.17, 15) is 14.4 Å². The van der Waals surface area contributed by atoms with Crippen LogP contribution in [0.15, 0.2) is 41.3 Å². The fraction of sp³-hybridized carbons (Fsp3) is 0.316. The number of ether oxygens (including phenoxy) is 1. The second kappa shape index (κ2) is 8.94. The van der Waals surface area contributed by atoms with Gasteiger partial charge in [-0.25, -0.2) is 9.67 Å². The number of fused-ring (bicyclic) bond motifs is 1. The van der Waals surface area contributed by atoms with Crippen LogP contribution in [0.4, 0.5) is 0 Å².